The standard InChI is InChI=1S/C4H6Cl3O.Zr/c5-4(6,7)2-1-3-8;/h1-3H2;/q-1;+1. The van der Waals surface area contributed by atoms with E-state index < -0.39 is 3.79 Å². The molecule has 0 amide bonds. The molecule has 0 atom stereocenters. The van der Waals surface area contributed by atoms with Gasteiger partial charge in [0, 0.05) is 0 Å². The van der Waals surface area contributed by atoms with E-state index in [1.807, 2.05) is 0 Å². The fourth-order valence-corrected chi connectivity index (χ4v) is 1.10. The van der Waals surface area contributed by atoms with E-state index in [9.17, 15) is 0 Å². The summed E-state index contributed by atoms with van der Waals surface area (Å²) < 4.78 is 3.75. The van der Waals surface area contributed by atoms with Crippen molar-refractivity contribution in [3.8, 4) is 0 Å². The molecule has 0 N–H and O–H groups in total. The first-order valence-corrected chi connectivity index (χ1v) is 4.55. The van der Waals surface area contributed by atoms with Gasteiger partial charge in [-0.1, -0.05) is 0 Å². The fraction of sp³-hybridized carbons (Fsp3) is 1.00. The van der Waals surface area contributed by atoms with Crippen molar-refractivity contribution in [1.29, 1.82) is 0 Å². The normalized spacial score (nSPS) is 11.8. The molecule has 0 fully saturated rings. The maximum absolute atomic E-state index is 5.45. The molecule has 0 aliphatic heterocycles. The van der Waals surface area contributed by atoms with E-state index in [2.05, 4.69) is 0 Å². The molecule has 0 radical (unpaired) electrons. The molecule has 0 aliphatic rings. The van der Waals surface area contributed by atoms with Crippen LogP contribution in [0.5, 0.6) is 0 Å². The van der Waals surface area contributed by atoms with Crippen LogP contribution in [0.25, 0.3) is 0 Å². The SMILES string of the molecule is ClC(Cl)(Cl)CCC[O][Zr]. The predicted octanol–water partition coefficient (Wildman–Crippen LogP) is 2.62. The Bertz CT molecular complexity index is 72.7. The molecule has 0 saturated heterocycles. The Morgan fingerprint density at radius 2 is 1.89 bits per heavy atom. The van der Waals surface area contributed by atoms with Crippen LogP contribution in [0.15, 0.2) is 0 Å². The van der Waals surface area contributed by atoms with Crippen molar-refractivity contribution in [2.24, 2.45) is 0 Å². The first-order valence-electron chi connectivity index (χ1n) is 2.41. The summed E-state index contributed by atoms with van der Waals surface area (Å²) in [5, 5.41) is 0. The zero-order chi connectivity index (χ0) is 7.33. The molecule has 0 aromatic rings. The average molecular weight is 268 g/mol. The molecule has 0 aromatic carbocycles. The van der Waals surface area contributed by atoms with Gasteiger partial charge in [0.1, 0.15) is 0 Å². The summed E-state index contributed by atoms with van der Waals surface area (Å²) in [5.41, 5.74) is 0. The summed E-state index contributed by atoms with van der Waals surface area (Å²) >= 11 is 17.4. The molecule has 0 aromatic heterocycles. The van der Waals surface area contributed by atoms with Gasteiger partial charge < -0.3 is 0 Å². The summed E-state index contributed by atoms with van der Waals surface area (Å²) in [4.78, 5) is 0. The summed E-state index contributed by atoms with van der Waals surface area (Å²) in [6.45, 7) is 0.687. The Morgan fingerprint density at radius 3 is 2.22 bits per heavy atom. The molecule has 0 heterocycles. The van der Waals surface area contributed by atoms with Gasteiger partial charge in [0.15, 0.2) is 0 Å². The molecule has 0 bridgehead atoms. The number of hydrogen-bond acceptors (Lipinski definition) is 1. The van der Waals surface area contributed by atoms with E-state index in [0.717, 1.165) is 31.6 Å². The van der Waals surface area contributed by atoms with Crippen molar-refractivity contribution in [2.75, 3.05) is 6.61 Å². The van der Waals surface area contributed by atoms with Gasteiger partial charge in [-0.05, 0) is 0 Å². The minimum absolute atomic E-state index is 0.562. The fourth-order valence-electron chi connectivity index (χ4n) is 0.345. The maximum atomic E-state index is 5.45. The van der Waals surface area contributed by atoms with Crippen molar-refractivity contribution >= 4 is 34.8 Å². The van der Waals surface area contributed by atoms with Crippen molar-refractivity contribution in [3.05, 3.63) is 0 Å². The van der Waals surface area contributed by atoms with Crippen LogP contribution >= 0.6 is 34.8 Å². The summed E-state index contributed by atoms with van der Waals surface area (Å²) in [7, 11) is 0. The molecule has 0 spiro atoms. The summed E-state index contributed by atoms with van der Waals surface area (Å²) in [6, 6.07) is 0. The summed E-state index contributed by atoms with van der Waals surface area (Å²) in [5.74, 6) is 0. The van der Waals surface area contributed by atoms with Crippen LogP contribution in [0.2, 0.25) is 0 Å². The number of halogens is 3. The number of rotatable bonds is 3. The topological polar surface area (TPSA) is 9.23 Å². The van der Waals surface area contributed by atoms with E-state index in [4.69, 9.17) is 37.6 Å². The second-order valence-corrected chi connectivity index (χ2v) is 4.79. The van der Waals surface area contributed by atoms with Crippen LogP contribution in [-0.4, -0.2) is 10.4 Å². The van der Waals surface area contributed by atoms with Gasteiger partial charge >= 0.3 is 86.0 Å². The van der Waals surface area contributed by atoms with Gasteiger partial charge in [-0.15, -0.1) is 0 Å². The molecular weight excluding hydrogens is 262 g/mol. The molecule has 0 unspecified atom stereocenters. The van der Waals surface area contributed by atoms with Gasteiger partial charge in [-0.3, -0.25) is 0 Å². The molecule has 0 aliphatic carbocycles. The van der Waals surface area contributed by atoms with E-state index in [0.29, 0.717) is 13.0 Å². The first kappa shape index (κ1) is 10.7. The van der Waals surface area contributed by atoms with Gasteiger partial charge in [-0.2, -0.15) is 0 Å². The van der Waals surface area contributed by atoms with E-state index in [-0.39, 0.29) is 0 Å². The monoisotopic (exact) mass is 265 g/mol. The van der Waals surface area contributed by atoms with Crippen molar-refractivity contribution in [1.82, 2.24) is 0 Å². The molecule has 0 rings (SSSR count). The second-order valence-electron chi connectivity index (χ2n) is 1.57. The molecule has 9 heavy (non-hydrogen) atoms. The van der Waals surface area contributed by atoms with Gasteiger partial charge in [0.25, 0.3) is 0 Å². The van der Waals surface area contributed by atoms with E-state index in [1.165, 1.54) is 0 Å². The third kappa shape index (κ3) is 9.71. The Balaban J connectivity index is 3.07. The third-order valence-corrected chi connectivity index (χ3v) is 1.78. The predicted molar refractivity (Wildman–Crippen MR) is 35.5 cm³/mol. The molecule has 5 heteroatoms. The molecular formula is C4H6Cl3OZr. The Kier molecular flexibility index (Phi) is 6.40. The van der Waals surface area contributed by atoms with Crippen LogP contribution in [0.1, 0.15) is 12.8 Å². The van der Waals surface area contributed by atoms with E-state index in [1.54, 1.807) is 0 Å². The van der Waals surface area contributed by atoms with Crippen molar-refractivity contribution < 1.29 is 28.0 Å². The van der Waals surface area contributed by atoms with Gasteiger partial charge in [-0.25, -0.2) is 0 Å². The molecule has 0 saturated carbocycles. The third-order valence-electron chi connectivity index (χ3n) is 0.707. The Labute approximate surface area is 85.4 Å². The number of alkyl halides is 3. The minimum atomic E-state index is -1.10. The van der Waals surface area contributed by atoms with Crippen molar-refractivity contribution in [3.63, 3.8) is 0 Å². The van der Waals surface area contributed by atoms with Crippen LogP contribution in [0, 0.1) is 0 Å². The Hall–Kier alpha value is 1.71. The summed E-state index contributed by atoms with van der Waals surface area (Å²) in [6.07, 6.45) is 1.37. The van der Waals surface area contributed by atoms with Crippen LogP contribution in [-0.2, 0) is 28.0 Å². The zero-order valence-corrected chi connectivity index (χ0v) is 9.39. The zero-order valence-electron chi connectivity index (χ0n) is 4.66. The first-order chi connectivity index (χ1) is 4.06. The quantitative estimate of drug-likeness (QED) is 0.564. The van der Waals surface area contributed by atoms with Crippen LogP contribution < -0.4 is 0 Å². The second kappa shape index (κ2) is 5.37. The van der Waals surface area contributed by atoms with Gasteiger partial charge in [0.05, 0.1) is 0 Å². The average Bonchev–Trinajstić information content (AvgIpc) is 1.63. The molecule has 1 nitrogen and oxygen atoms in total. The van der Waals surface area contributed by atoms with Crippen LogP contribution in [0.3, 0.4) is 0 Å². The van der Waals surface area contributed by atoms with Crippen molar-refractivity contribution in [2.45, 2.75) is 16.6 Å². The Morgan fingerprint density at radius 1 is 1.33 bits per heavy atom. The molecule has 53 valence electrons. The van der Waals surface area contributed by atoms with Gasteiger partial charge in [0.2, 0.25) is 0 Å². The van der Waals surface area contributed by atoms with E-state index >= 15 is 0 Å². The number of hydrogen-bond donors (Lipinski definition) is 0. The van der Waals surface area contributed by atoms with Crippen LogP contribution in [0.4, 0.5) is 0 Å².